The van der Waals surface area contributed by atoms with Gasteiger partial charge in [-0.15, -0.1) is 0 Å². The molecule has 0 saturated carbocycles. The van der Waals surface area contributed by atoms with Crippen molar-refractivity contribution >= 4 is 146 Å². The van der Waals surface area contributed by atoms with Gasteiger partial charge >= 0.3 is 0 Å². The SMILES string of the molecule is COC=Cc1cc(Br)cnc1OC.COc1ncc(Br)cc1C(CO)(CO)CF.COc1ncc(Br)cc1C(CO)(CO)CO.COc1ncc(Br)cc1C1(CF)COC(C)(C)OC1.COc1ncc(Br)cc1C1(CF)COC1.COc1ncc(Br)cc1C1(CO)COC(C)(C)OC1.COc1ncc(Br)cc1C=O.COc1ncc(Br)cc1CC=O. The highest BCUT2D eigenvalue weighted by Crippen LogP contribution is 2.43. The van der Waals surface area contributed by atoms with Gasteiger partial charge < -0.3 is 102 Å². The standard InChI is InChI=1S/C13H17BrFNO3.C13H18BrNO4.C10H13BrFNO3.C10H11BrFNO2.C10H14BrNO4.C9H10BrNO2.C8H8BrNO2.C7H6BrNO2/c1-12(2)18-7-13(6-15,8-19-12)10-4-9(14)5-16-11(10)17-3;1-12(2)18-7-13(6-16,8-19-12)10-4-9(14)5-15-11(10)17-3;1-16-9-8(2-7(11)3-13-9)10(4-12,5-14)6-15;1-14-9-8(2-7(11)3-13-9)10(4-12)5-15-6-10;1-16-9-8(2-7(11)3-12-9)10(4-13,5-14)6-15;1-12-4-3-7-5-8(10)6-11-9(7)13-2;1-12-8-6(2-3-11)4-7(9)5-10-8;1-11-7-5(4-10)2-6(8)3-9-7/h4-5H,6-8H2,1-3H3;4-5,16H,6-8H2,1-3H3;2-3,14-15H,4-6H2,1H3;2-3H,4-6H2,1H3;2-3,13-15H,4-6H2,1H3;3-6H,1-2H3;3-5H,2H2,1H3;2-4H,1H3. The molecule has 0 unspecified atom stereocenters. The predicted octanol–water partition coefficient (Wildman–Crippen LogP) is 13.6. The van der Waals surface area contributed by atoms with Gasteiger partial charge in [-0.3, -0.25) is 4.79 Å². The highest BCUT2D eigenvalue weighted by atomic mass is 79.9. The molecule has 0 radical (unpaired) electrons. The zero-order chi connectivity index (χ0) is 90.4. The molecule has 121 heavy (non-hydrogen) atoms. The van der Waals surface area contributed by atoms with E-state index in [0.29, 0.717) is 106 Å². The van der Waals surface area contributed by atoms with Crippen LogP contribution in [-0.4, -0.2) is 258 Å². The first-order valence-electron chi connectivity index (χ1n) is 35.8. The number of hydrogen-bond acceptors (Lipinski definition) is 30. The lowest BCUT2D eigenvalue weighted by molar-refractivity contribution is -0.273. The summed E-state index contributed by atoms with van der Waals surface area (Å²) in [5.74, 6) is 1.93. The molecular formula is C80H97Br8F3N8O22. The van der Waals surface area contributed by atoms with Crippen LogP contribution in [0.2, 0.25) is 0 Å². The monoisotopic (exact) mass is 2210 g/mol. The fourth-order valence-electron chi connectivity index (χ4n) is 10.8. The van der Waals surface area contributed by atoms with Crippen LogP contribution in [0.3, 0.4) is 0 Å². The minimum Gasteiger partial charge on any atom is -0.504 e. The second-order valence-electron chi connectivity index (χ2n) is 27.1. The number of methoxy groups -OCH3 is 9. The number of pyridine rings is 8. The maximum absolute atomic E-state index is 13.7. The van der Waals surface area contributed by atoms with Gasteiger partial charge in [0.2, 0.25) is 47.0 Å². The molecule has 30 nitrogen and oxygen atoms in total. The van der Waals surface area contributed by atoms with Crippen LogP contribution in [0.1, 0.15) is 77.0 Å². The van der Waals surface area contributed by atoms with Crippen LogP contribution in [0.5, 0.6) is 47.0 Å². The number of hydrogen-bond donors (Lipinski definition) is 6. The third kappa shape index (κ3) is 30.5. The highest BCUT2D eigenvalue weighted by Gasteiger charge is 2.47. The van der Waals surface area contributed by atoms with E-state index in [-0.39, 0.29) is 31.6 Å². The number of ether oxygens (including phenoxy) is 14. The molecule has 0 bridgehead atoms. The summed E-state index contributed by atoms with van der Waals surface area (Å²) in [5.41, 5.74) is 0.510. The lowest BCUT2D eigenvalue weighted by Gasteiger charge is -2.42. The first-order valence-corrected chi connectivity index (χ1v) is 42.1. The molecule has 41 heteroatoms. The van der Waals surface area contributed by atoms with Gasteiger partial charge in [0.05, 0.1) is 182 Å². The van der Waals surface area contributed by atoms with Crippen molar-refractivity contribution in [1.82, 2.24) is 39.9 Å². The van der Waals surface area contributed by atoms with Crippen molar-refractivity contribution in [2.45, 2.75) is 72.8 Å². The lowest BCUT2D eigenvalue weighted by Crippen LogP contribution is -2.51. The molecule has 0 spiro atoms. The number of aliphatic hydroxyl groups excluding tert-OH is 6. The van der Waals surface area contributed by atoms with E-state index in [1.165, 1.54) is 48.9 Å². The van der Waals surface area contributed by atoms with Gasteiger partial charge in [-0.2, -0.15) is 0 Å². The molecule has 0 amide bonds. The number of halogens is 11. The molecule has 0 aromatic carbocycles. The van der Waals surface area contributed by atoms with E-state index in [0.717, 1.165) is 55.4 Å². The van der Waals surface area contributed by atoms with Crippen LogP contribution in [0, 0.1) is 0 Å². The molecule has 3 aliphatic rings. The first kappa shape index (κ1) is 107. The van der Waals surface area contributed by atoms with E-state index >= 15 is 0 Å². The number of aldehydes is 2. The first-order chi connectivity index (χ1) is 57.6. The van der Waals surface area contributed by atoms with E-state index in [2.05, 4.69) is 167 Å². The Bertz CT molecular complexity index is 4370. The van der Waals surface area contributed by atoms with E-state index < -0.39 is 91.7 Å². The Morgan fingerprint density at radius 2 is 0.686 bits per heavy atom. The second-order valence-corrected chi connectivity index (χ2v) is 34.4. The lowest BCUT2D eigenvalue weighted by atomic mass is 9.80. The van der Waals surface area contributed by atoms with Crippen molar-refractivity contribution in [3.8, 4) is 47.0 Å². The number of nitrogens with zero attached hydrogens (tertiary/aromatic N) is 8. The summed E-state index contributed by atoms with van der Waals surface area (Å²) in [5, 5.41) is 56.3. The van der Waals surface area contributed by atoms with Gasteiger partial charge in [0.15, 0.2) is 17.9 Å². The number of carbonyl (C=O) groups is 2. The smallest absolute Gasteiger partial charge is 0.223 e. The van der Waals surface area contributed by atoms with Crippen LogP contribution >= 0.6 is 127 Å². The fraction of sp³-hybridized carbons (Fsp3) is 0.450. The summed E-state index contributed by atoms with van der Waals surface area (Å²) in [4.78, 5) is 53.0. The normalized spacial score (nSPS) is 14.9. The second kappa shape index (κ2) is 52.6. The van der Waals surface area contributed by atoms with Crippen LogP contribution in [0.15, 0.2) is 140 Å². The Kier molecular flexibility index (Phi) is 46.5. The summed E-state index contributed by atoms with van der Waals surface area (Å²) in [6.45, 7) is 4.99. The van der Waals surface area contributed by atoms with E-state index in [1.807, 2.05) is 52.0 Å². The van der Waals surface area contributed by atoms with Crippen molar-refractivity contribution in [2.75, 3.05) is 163 Å². The Balaban J connectivity index is 0.000000292. The van der Waals surface area contributed by atoms with E-state index in [1.54, 1.807) is 101 Å². The molecule has 11 heterocycles. The molecule has 0 aliphatic carbocycles. The molecule has 666 valence electrons. The Morgan fingerprint density at radius 3 is 1.00 bits per heavy atom. The van der Waals surface area contributed by atoms with Gasteiger partial charge in [0.25, 0.3) is 0 Å². The number of rotatable bonds is 27. The quantitative estimate of drug-likeness (QED) is 0.0206. The van der Waals surface area contributed by atoms with E-state index in [4.69, 9.17) is 66.3 Å². The maximum Gasteiger partial charge on any atom is 0.223 e. The van der Waals surface area contributed by atoms with Crippen molar-refractivity contribution in [3.05, 3.63) is 185 Å². The summed E-state index contributed by atoms with van der Waals surface area (Å²) in [6, 6.07) is 14.1. The molecular weight excluding hydrogens is 2120 g/mol. The summed E-state index contributed by atoms with van der Waals surface area (Å²) in [6.07, 6.45) is 18.1. The summed E-state index contributed by atoms with van der Waals surface area (Å²) < 4.78 is 119. The van der Waals surface area contributed by atoms with Crippen LogP contribution in [-0.2, 0) is 66.7 Å². The Labute approximate surface area is 767 Å². The molecule has 6 N–H and O–H groups in total. The van der Waals surface area contributed by atoms with Gasteiger partial charge in [0.1, 0.15) is 26.3 Å². The number of carbonyl (C=O) groups excluding carboxylic acids is 2. The molecule has 3 fully saturated rings. The number of alkyl halides is 3. The molecule has 11 rings (SSSR count). The van der Waals surface area contributed by atoms with E-state index in [9.17, 15) is 53.4 Å². The third-order valence-corrected chi connectivity index (χ3v) is 21.5. The topological polar surface area (TPSA) is 388 Å². The maximum atomic E-state index is 13.7. The van der Waals surface area contributed by atoms with Crippen LogP contribution in [0.25, 0.3) is 6.08 Å². The average molecular weight is 2220 g/mol. The third-order valence-electron chi connectivity index (χ3n) is 18.0. The number of aliphatic hydroxyl groups is 6. The molecule has 3 aliphatic heterocycles. The molecule has 0 atom stereocenters. The minimum absolute atomic E-state index is 0.0996. The van der Waals surface area contributed by atoms with Crippen molar-refractivity contribution in [3.63, 3.8) is 0 Å². The van der Waals surface area contributed by atoms with Gasteiger partial charge in [0, 0.05) is 131 Å². The zero-order valence-electron chi connectivity index (χ0n) is 68.3. The fourth-order valence-corrected chi connectivity index (χ4v) is 13.5. The summed E-state index contributed by atoms with van der Waals surface area (Å²) in [7, 11) is 13.6. The molecule has 8 aromatic heterocycles. The van der Waals surface area contributed by atoms with Crippen LogP contribution < -0.4 is 37.9 Å². The Hall–Kier alpha value is -6.33. The van der Waals surface area contributed by atoms with Crippen molar-refractivity contribution in [1.29, 1.82) is 0 Å². The van der Waals surface area contributed by atoms with Gasteiger partial charge in [-0.05, 0) is 210 Å². The summed E-state index contributed by atoms with van der Waals surface area (Å²) >= 11 is 26.3. The van der Waals surface area contributed by atoms with Gasteiger partial charge in [-0.1, -0.05) is 0 Å². The molecule has 3 saturated heterocycles. The van der Waals surface area contributed by atoms with Crippen LogP contribution in [0.4, 0.5) is 13.2 Å². The van der Waals surface area contributed by atoms with Crippen molar-refractivity contribution < 1.29 is 120 Å². The largest absolute Gasteiger partial charge is 0.504 e. The van der Waals surface area contributed by atoms with Crippen molar-refractivity contribution in [2.24, 2.45) is 0 Å². The highest BCUT2D eigenvalue weighted by molar-refractivity contribution is 9.11. The average Bonchev–Trinajstić information content (AvgIpc) is 0.778. The number of aromatic nitrogens is 8. The molecule has 8 aromatic rings. The Morgan fingerprint density at radius 1 is 0.388 bits per heavy atom. The van der Waals surface area contributed by atoms with Gasteiger partial charge in [-0.25, -0.2) is 53.0 Å². The zero-order valence-corrected chi connectivity index (χ0v) is 81.0. The minimum atomic E-state index is -1.37. The predicted molar refractivity (Wildman–Crippen MR) is 471 cm³/mol.